The lowest BCUT2D eigenvalue weighted by atomic mass is 9.82. The van der Waals surface area contributed by atoms with E-state index in [-0.39, 0.29) is 0 Å². The maximum Gasteiger partial charge on any atom is 0.335 e. The van der Waals surface area contributed by atoms with Crippen LogP contribution in [0.3, 0.4) is 0 Å². The standard InChI is InChI=1S/C15H22O2/c1-4-7-14(11(3)5-2)12-8-6-9-13(10-12)15(16)17/h6,8-11,14H,4-5,7H2,1-3H3,(H,16,17)/t11?,14-/m0/s1. The number of carboxylic acids is 1. The molecule has 2 heteroatoms. The molecular formula is C15H22O2. The summed E-state index contributed by atoms with van der Waals surface area (Å²) in [6.45, 7) is 6.61. The first-order chi connectivity index (χ1) is 8.10. The van der Waals surface area contributed by atoms with Crippen molar-refractivity contribution >= 4 is 5.97 Å². The number of hydrogen-bond acceptors (Lipinski definition) is 1. The molecule has 0 saturated carbocycles. The second kappa shape index (κ2) is 6.43. The molecule has 0 aliphatic rings. The summed E-state index contributed by atoms with van der Waals surface area (Å²) in [6.07, 6.45) is 3.38. The minimum Gasteiger partial charge on any atom is -0.478 e. The molecule has 17 heavy (non-hydrogen) atoms. The number of benzene rings is 1. The van der Waals surface area contributed by atoms with Crippen molar-refractivity contribution in [1.82, 2.24) is 0 Å². The predicted molar refractivity (Wildman–Crippen MR) is 70.5 cm³/mol. The van der Waals surface area contributed by atoms with Crippen molar-refractivity contribution in [3.8, 4) is 0 Å². The van der Waals surface area contributed by atoms with E-state index in [2.05, 4.69) is 26.8 Å². The van der Waals surface area contributed by atoms with Crippen molar-refractivity contribution in [1.29, 1.82) is 0 Å². The third kappa shape index (κ3) is 3.58. The van der Waals surface area contributed by atoms with Crippen LogP contribution >= 0.6 is 0 Å². The van der Waals surface area contributed by atoms with Crippen LogP contribution in [0.4, 0.5) is 0 Å². The van der Waals surface area contributed by atoms with Crippen molar-refractivity contribution in [3.05, 3.63) is 35.4 Å². The zero-order valence-corrected chi connectivity index (χ0v) is 10.9. The quantitative estimate of drug-likeness (QED) is 0.796. The molecule has 1 unspecified atom stereocenters. The SMILES string of the molecule is CCC[C@H](c1cccc(C(=O)O)c1)C(C)CC. The van der Waals surface area contributed by atoms with Gasteiger partial charge in [-0.3, -0.25) is 0 Å². The van der Waals surface area contributed by atoms with Gasteiger partial charge in [-0.25, -0.2) is 4.79 Å². The highest BCUT2D eigenvalue weighted by Crippen LogP contribution is 2.31. The maximum atomic E-state index is 11.0. The van der Waals surface area contributed by atoms with Crippen LogP contribution in [-0.2, 0) is 0 Å². The summed E-state index contributed by atoms with van der Waals surface area (Å²) in [5.74, 6) is 0.231. The molecule has 0 fully saturated rings. The highest BCUT2D eigenvalue weighted by atomic mass is 16.4. The van der Waals surface area contributed by atoms with Gasteiger partial charge >= 0.3 is 5.97 Å². The number of carboxylic acid groups (broad SMARTS) is 1. The van der Waals surface area contributed by atoms with Crippen molar-refractivity contribution in [2.75, 3.05) is 0 Å². The number of carbonyl (C=O) groups is 1. The van der Waals surface area contributed by atoms with E-state index in [0.717, 1.165) is 19.3 Å². The molecule has 0 saturated heterocycles. The van der Waals surface area contributed by atoms with Gasteiger partial charge in [0.15, 0.2) is 0 Å². The third-order valence-electron chi connectivity index (χ3n) is 3.49. The van der Waals surface area contributed by atoms with Gasteiger partial charge in [0.25, 0.3) is 0 Å². The average molecular weight is 234 g/mol. The molecule has 1 rings (SSSR count). The third-order valence-corrected chi connectivity index (χ3v) is 3.49. The van der Waals surface area contributed by atoms with Crippen LogP contribution in [0.5, 0.6) is 0 Å². The van der Waals surface area contributed by atoms with E-state index in [0.29, 0.717) is 17.4 Å². The molecule has 0 aliphatic heterocycles. The number of hydrogen-bond donors (Lipinski definition) is 1. The molecule has 94 valence electrons. The van der Waals surface area contributed by atoms with Crippen LogP contribution in [0.1, 0.15) is 61.9 Å². The largest absolute Gasteiger partial charge is 0.478 e. The first-order valence-electron chi connectivity index (χ1n) is 6.43. The van der Waals surface area contributed by atoms with Gasteiger partial charge in [0.1, 0.15) is 0 Å². The molecule has 2 nitrogen and oxygen atoms in total. The zero-order valence-electron chi connectivity index (χ0n) is 10.9. The van der Waals surface area contributed by atoms with Crippen LogP contribution in [0, 0.1) is 5.92 Å². The van der Waals surface area contributed by atoms with Gasteiger partial charge in [0, 0.05) is 0 Å². The minimum absolute atomic E-state index is 0.395. The Morgan fingerprint density at radius 2 is 2.06 bits per heavy atom. The van der Waals surface area contributed by atoms with Crippen molar-refractivity contribution in [2.24, 2.45) is 5.92 Å². The van der Waals surface area contributed by atoms with E-state index < -0.39 is 5.97 Å². The molecule has 1 N–H and O–H groups in total. The fourth-order valence-corrected chi connectivity index (χ4v) is 2.28. The number of rotatable bonds is 6. The fourth-order valence-electron chi connectivity index (χ4n) is 2.28. The molecule has 0 amide bonds. The highest BCUT2D eigenvalue weighted by molar-refractivity contribution is 5.87. The Hall–Kier alpha value is -1.31. The summed E-state index contributed by atoms with van der Waals surface area (Å²) in [5.41, 5.74) is 1.56. The molecule has 0 bridgehead atoms. The topological polar surface area (TPSA) is 37.3 Å². The Labute approximate surface area is 104 Å². The second-order valence-corrected chi connectivity index (χ2v) is 4.71. The summed E-state index contributed by atoms with van der Waals surface area (Å²) >= 11 is 0. The summed E-state index contributed by atoms with van der Waals surface area (Å²) in [4.78, 5) is 11.0. The Kier molecular flexibility index (Phi) is 5.20. The van der Waals surface area contributed by atoms with E-state index in [1.165, 1.54) is 5.56 Å². The zero-order chi connectivity index (χ0) is 12.8. The first-order valence-corrected chi connectivity index (χ1v) is 6.43. The fraction of sp³-hybridized carbons (Fsp3) is 0.533. The Morgan fingerprint density at radius 1 is 1.35 bits per heavy atom. The van der Waals surface area contributed by atoms with Gasteiger partial charge in [-0.1, -0.05) is 45.7 Å². The molecule has 0 radical (unpaired) electrons. The number of aromatic carboxylic acids is 1. The van der Waals surface area contributed by atoms with Crippen molar-refractivity contribution in [3.63, 3.8) is 0 Å². The highest BCUT2D eigenvalue weighted by Gasteiger charge is 2.18. The lowest BCUT2D eigenvalue weighted by Crippen LogP contribution is -2.10. The van der Waals surface area contributed by atoms with Crippen molar-refractivity contribution < 1.29 is 9.90 Å². The van der Waals surface area contributed by atoms with Crippen LogP contribution < -0.4 is 0 Å². The molecule has 2 atom stereocenters. The van der Waals surface area contributed by atoms with Crippen LogP contribution in [-0.4, -0.2) is 11.1 Å². The van der Waals surface area contributed by atoms with Crippen LogP contribution in [0.2, 0.25) is 0 Å². The maximum absolute atomic E-state index is 11.0. The average Bonchev–Trinajstić information content (AvgIpc) is 2.35. The molecule has 0 aliphatic carbocycles. The molecule has 0 spiro atoms. The second-order valence-electron chi connectivity index (χ2n) is 4.71. The van der Waals surface area contributed by atoms with Crippen molar-refractivity contribution in [2.45, 2.75) is 46.0 Å². The minimum atomic E-state index is -0.841. The molecule has 1 aromatic rings. The smallest absolute Gasteiger partial charge is 0.335 e. The molecule has 1 aromatic carbocycles. The van der Waals surface area contributed by atoms with Gasteiger partial charge in [-0.2, -0.15) is 0 Å². The van der Waals surface area contributed by atoms with Crippen LogP contribution in [0.25, 0.3) is 0 Å². The molecule has 0 heterocycles. The summed E-state index contributed by atoms with van der Waals surface area (Å²) < 4.78 is 0. The van der Waals surface area contributed by atoms with Crippen LogP contribution in [0.15, 0.2) is 24.3 Å². The van der Waals surface area contributed by atoms with Gasteiger partial charge in [0.2, 0.25) is 0 Å². The van der Waals surface area contributed by atoms with E-state index in [1.54, 1.807) is 6.07 Å². The first kappa shape index (κ1) is 13.8. The predicted octanol–water partition coefficient (Wildman–Crippen LogP) is 4.31. The summed E-state index contributed by atoms with van der Waals surface area (Å²) in [5, 5.41) is 9.02. The molecular weight excluding hydrogens is 212 g/mol. The Morgan fingerprint density at radius 3 is 2.59 bits per heavy atom. The summed E-state index contributed by atoms with van der Waals surface area (Å²) in [7, 11) is 0. The van der Waals surface area contributed by atoms with Gasteiger partial charge < -0.3 is 5.11 Å². The van der Waals surface area contributed by atoms with Gasteiger partial charge in [-0.15, -0.1) is 0 Å². The van der Waals surface area contributed by atoms with Gasteiger partial charge in [0.05, 0.1) is 5.56 Å². The lowest BCUT2D eigenvalue weighted by Gasteiger charge is -2.23. The molecule has 0 aromatic heterocycles. The Bertz CT molecular complexity index is 371. The van der Waals surface area contributed by atoms with E-state index in [1.807, 2.05) is 12.1 Å². The monoisotopic (exact) mass is 234 g/mol. The Balaban J connectivity index is 3.01. The normalized spacial score (nSPS) is 14.3. The van der Waals surface area contributed by atoms with E-state index in [9.17, 15) is 4.79 Å². The van der Waals surface area contributed by atoms with E-state index >= 15 is 0 Å². The summed E-state index contributed by atoms with van der Waals surface area (Å²) in [6, 6.07) is 7.39. The van der Waals surface area contributed by atoms with E-state index in [4.69, 9.17) is 5.11 Å². The lowest BCUT2D eigenvalue weighted by molar-refractivity contribution is 0.0696. The van der Waals surface area contributed by atoms with Gasteiger partial charge in [-0.05, 0) is 36.0 Å².